The molecule has 43 heavy (non-hydrogen) atoms. The molecule has 0 amide bonds. The van der Waals surface area contributed by atoms with Crippen LogP contribution in [0.15, 0.2) is 140 Å². The van der Waals surface area contributed by atoms with Crippen LogP contribution < -0.4 is 0 Å². The highest BCUT2D eigenvalue weighted by Crippen LogP contribution is 2.39. The molecule has 0 fully saturated rings. The van der Waals surface area contributed by atoms with Crippen molar-refractivity contribution in [3.63, 3.8) is 0 Å². The fourth-order valence-electron chi connectivity index (χ4n) is 5.29. The predicted octanol–water partition coefficient (Wildman–Crippen LogP) is 9.36. The normalized spacial score (nSPS) is 11.3. The van der Waals surface area contributed by atoms with Crippen LogP contribution in [-0.2, 0) is 0 Å². The molecule has 3 aromatic heterocycles. The number of hydrogen-bond acceptors (Lipinski definition) is 6. The fraction of sp³-hybridized carbons (Fsp3) is 0. The number of nitrogens with zero attached hydrogens (tertiary/aromatic N) is 5. The highest BCUT2D eigenvalue weighted by atomic mass is 32.1. The average molecular weight is 570 g/mol. The van der Waals surface area contributed by atoms with Crippen LogP contribution in [0.5, 0.6) is 0 Å². The minimum absolute atomic E-state index is 0.598. The summed E-state index contributed by atoms with van der Waals surface area (Å²) < 4.78 is 1.20. The van der Waals surface area contributed by atoms with Crippen molar-refractivity contribution in [2.45, 2.75) is 0 Å². The van der Waals surface area contributed by atoms with E-state index < -0.39 is 0 Å². The van der Waals surface area contributed by atoms with Gasteiger partial charge < -0.3 is 0 Å². The molecule has 0 bridgehead atoms. The monoisotopic (exact) mass is 569 g/mol. The van der Waals surface area contributed by atoms with Crippen LogP contribution in [0.25, 0.3) is 77.1 Å². The van der Waals surface area contributed by atoms with E-state index in [1.165, 1.54) is 10.1 Å². The second kappa shape index (κ2) is 10.7. The molecule has 0 spiro atoms. The van der Waals surface area contributed by atoms with Crippen molar-refractivity contribution in [2.75, 3.05) is 0 Å². The van der Waals surface area contributed by atoms with Crippen LogP contribution in [0.3, 0.4) is 0 Å². The largest absolute Gasteiger partial charge is 0.227 e. The van der Waals surface area contributed by atoms with Gasteiger partial charge in [-0.15, -0.1) is 11.3 Å². The minimum Gasteiger partial charge on any atom is -0.227 e. The molecule has 0 aliphatic heterocycles. The van der Waals surface area contributed by atoms with E-state index in [1.807, 2.05) is 97.1 Å². The van der Waals surface area contributed by atoms with E-state index >= 15 is 0 Å². The summed E-state index contributed by atoms with van der Waals surface area (Å²) in [5.41, 5.74) is 5.64. The molecule has 8 rings (SSSR count). The van der Waals surface area contributed by atoms with Gasteiger partial charge >= 0.3 is 0 Å². The third-order valence-corrected chi connectivity index (χ3v) is 8.43. The second-order valence-corrected chi connectivity index (χ2v) is 11.2. The van der Waals surface area contributed by atoms with E-state index in [9.17, 15) is 0 Å². The molecule has 0 unspecified atom stereocenters. The molecule has 0 saturated carbocycles. The van der Waals surface area contributed by atoms with Crippen LogP contribution in [0, 0.1) is 0 Å². The van der Waals surface area contributed by atoms with Gasteiger partial charge in [-0.2, -0.15) is 0 Å². The van der Waals surface area contributed by atoms with Gasteiger partial charge in [0.25, 0.3) is 0 Å². The first-order chi connectivity index (χ1) is 21.3. The van der Waals surface area contributed by atoms with Crippen molar-refractivity contribution >= 4 is 31.6 Å². The number of benzene rings is 5. The number of thiophene rings is 1. The Labute approximate surface area is 252 Å². The van der Waals surface area contributed by atoms with E-state index in [0.717, 1.165) is 43.7 Å². The summed E-state index contributed by atoms with van der Waals surface area (Å²) in [4.78, 5) is 25.9. The smallest absolute Gasteiger partial charge is 0.164 e. The lowest BCUT2D eigenvalue weighted by molar-refractivity contribution is 1.07. The van der Waals surface area contributed by atoms with E-state index in [1.54, 1.807) is 11.3 Å². The summed E-state index contributed by atoms with van der Waals surface area (Å²) in [6.45, 7) is 0. The van der Waals surface area contributed by atoms with Crippen LogP contribution in [0.4, 0.5) is 0 Å². The number of rotatable bonds is 5. The third-order valence-electron chi connectivity index (χ3n) is 7.36. The quantitative estimate of drug-likeness (QED) is 0.207. The third kappa shape index (κ3) is 4.74. The van der Waals surface area contributed by atoms with Crippen molar-refractivity contribution in [2.24, 2.45) is 0 Å². The summed E-state index contributed by atoms with van der Waals surface area (Å²) in [5.74, 6) is 2.52. The molecule has 6 heteroatoms. The molecule has 5 aromatic carbocycles. The molecule has 8 aromatic rings. The van der Waals surface area contributed by atoms with Gasteiger partial charge in [0.15, 0.2) is 23.3 Å². The Morgan fingerprint density at radius 1 is 0.372 bits per heavy atom. The number of hydrogen-bond donors (Lipinski definition) is 0. The van der Waals surface area contributed by atoms with Gasteiger partial charge in [-0.3, -0.25) is 0 Å². The van der Waals surface area contributed by atoms with Gasteiger partial charge in [-0.1, -0.05) is 127 Å². The SMILES string of the molecule is c1ccc(-c2nc(-c3ccccc3)nc(-c3cccc(-c4nc(-c5ccccc5)c5c(n4)sc4ccccc45)c3)n2)cc1. The van der Waals surface area contributed by atoms with Crippen molar-refractivity contribution in [3.05, 3.63) is 140 Å². The van der Waals surface area contributed by atoms with E-state index in [4.69, 9.17) is 24.9 Å². The number of aromatic nitrogens is 5. The first-order valence-corrected chi connectivity index (χ1v) is 14.8. The summed E-state index contributed by atoms with van der Waals surface area (Å²) >= 11 is 1.69. The Bertz CT molecular complexity index is 2170. The Morgan fingerprint density at radius 2 is 0.837 bits per heavy atom. The van der Waals surface area contributed by atoms with Crippen molar-refractivity contribution in [1.29, 1.82) is 0 Å². The summed E-state index contributed by atoms with van der Waals surface area (Å²) in [7, 11) is 0. The van der Waals surface area contributed by atoms with Gasteiger partial charge in [0.05, 0.1) is 5.69 Å². The highest BCUT2D eigenvalue weighted by Gasteiger charge is 2.18. The lowest BCUT2D eigenvalue weighted by atomic mass is 10.0. The molecule has 0 atom stereocenters. The van der Waals surface area contributed by atoms with Crippen molar-refractivity contribution in [1.82, 2.24) is 24.9 Å². The minimum atomic E-state index is 0.598. The molecule has 0 aliphatic carbocycles. The first-order valence-electron chi connectivity index (χ1n) is 14.0. The molecule has 5 nitrogen and oxygen atoms in total. The van der Waals surface area contributed by atoms with Gasteiger partial charge in [-0.05, 0) is 12.1 Å². The maximum atomic E-state index is 5.17. The molecule has 0 aliphatic rings. The molecule has 0 saturated heterocycles. The van der Waals surface area contributed by atoms with Gasteiger partial charge in [0, 0.05) is 43.3 Å². The zero-order valence-electron chi connectivity index (χ0n) is 22.9. The second-order valence-electron chi connectivity index (χ2n) is 10.2. The average Bonchev–Trinajstić information content (AvgIpc) is 3.47. The zero-order chi connectivity index (χ0) is 28.6. The maximum Gasteiger partial charge on any atom is 0.164 e. The maximum absolute atomic E-state index is 5.17. The Balaban J connectivity index is 1.30. The van der Waals surface area contributed by atoms with E-state index in [2.05, 4.69) is 42.5 Å². The summed E-state index contributed by atoms with van der Waals surface area (Å²) in [5, 5.41) is 2.26. The van der Waals surface area contributed by atoms with Gasteiger partial charge in [0.1, 0.15) is 4.83 Å². The Kier molecular flexibility index (Phi) is 6.24. The standard InChI is InChI=1S/C37H23N5S/c1-4-13-24(14-5-1)32-31-29-21-10-11-22-30(29)43-37(31)42-35(38-32)27-19-12-20-28(23-27)36-40-33(25-15-6-2-7-16-25)39-34(41-36)26-17-8-3-9-18-26/h1-23H. The molecular formula is C37H23N5S. The van der Waals surface area contributed by atoms with E-state index in [-0.39, 0.29) is 0 Å². The Hall–Kier alpha value is -5.59. The van der Waals surface area contributed by atoms with Crippen LogP contribution in [-0.4, -0.2) is 24.9 Å². The lowest BCUT2D eigenvalue weighted by Crippen LogP contribution is -2.00. The van der Waals surface area contributed by atoms with Crippen LogP contribution >= 0.6 is 11.3 Å². The fourth-order valence-corrected chi connectivity index (χ4v) is 6.37. The van der Waals surface area contributed by atoms with Crippen molar-refractivity contribution < 1.29 is 0 Å². The molecular weight excluding hydrogens is 547 g/mol. The molecule has 3 heterocycles. The highest BCUT2D eigenvalue weighted by molar-refractivity contribution is 7.25. The molecule has 0 N–H and O–H groups in total. The lowest BCUT2D eigenvalue weighted by Gasteiger charge is -2.10. The zero-order valence-corrected chi connectivity index (χ0v) is 23.7. The van der Waals surface area contributed by atoms with Crippen molar-refractivity contribution in [3.8, 4) is 56.8 Å². The van der Waals surface area contributed by atoms with Crippen LogP contribution in [0.2, 0.25) is 0 Å². The molecule has 0 radical (unpaired) electrons. The molecule has 202 valence electrons. The van der Waals surface area contributed by atoms with Gasteiger partial charge in [-0.25, -0.2) is 24.9 Å². The van der Waals surface area contributed by atoms with E-state index in [0.29, 0.717) is 23.3 Å². The van der Waals surface area contributed by atoms with Gasteiger partial charge in [0.2, 0.25) is 0 Å². The first kappa shape index (κ1) is 25.1. The predicted molar refractivity (Wildman–Crippen MR) is 175 cm³/mol. The summed E-state index contributed by atoms with van der Waals surface area (Å²) in [6, 6.07) is 47.0. The topological polar surface area (TPSA) is 64.5 Å². The Morgan fingerprint density at radius 3 is 1.44 bits per heavy atom. The van der Waals surface area contributed by atoms with Crippen LogP contribution in [0.1, 0.15) is 0 Å². The summed E-state index contributed by atoms with van der Waals surface area (Å²) in [6.07, 6.45) is 0. The number of fused-ring (bicyclic) bond motifs is 3.